The Balaban J connectivity index is 0.00000192. The molecule has 1 amide bonds. The molecule has 122 valence electrons. The molecule has 0 radical (unpaired) electrons. The molecule has 3 rings (SSSR count). The van der Waals surface area contributed by atoms with Crippen molar-refractivity contribution < 1.29 is 9.18 Å². The summed E-state index contributed by atoms with van der Waals surface area (Å²) in [6.07, 6.45) is 1.85. The number of rotatable bonds is 3. The van der Waals surface area contributed by atoms with Crippen LogP contribution in [0.4, 0.5) is 10.1 Å². The Bertz CT molecular complexity index is 675. The Kier molecular flexibility index (Phi) is 5.61. The number of carbonyl (C=O) groups excluding carboxylic acids is 1. The van der Waals surface area contributed by atoms with E-state index in [9.17, 15) is 9.18 Å². The Morgan fingerprint density at radius 3 is 2.65 bits per heavy atom. The SMILES string of the molecule is Cl.Nc1cccc(C(=O)N2CCC(Cc3ccc(F)cc3)C2)c1. The van der Waals surface area contributed by atoms with Crippen LogP contribution in [0, 0.1) is 11.7 Å². The minimum atomic E-state index is -0.214. The quantitative estimate of drug-likeness (QED) is 0.873. The van der Waals surface area contributed by atoms with Crippen molar-refractivity contribution in [3.8, 4) is 0 Å². The van der Waals surface area contributed by atoms with Crippen molar-refractivity contribution in [2.45, 2.75) is 12.8 Å². The van der Waals surface area contributed by atoms with Crippen LogP contribution in [0.3, 0.4) is 0 Å². The number of likely N-dealkylation sites (tertiary alicyclic amines) is 1. The third kappa shape index (κ3) is 4.23. The van der Waals surface area contributed by atoms with E-state index >= 15 is 0 Å². The smallest absolute Gasteiger partial charge is 0.253 e. The summed E-state index contributed by atoms with van der Waals surface area (Å²) < 4.78 is 12.9. The molecule has 0 spiro atoms. The summed E-state index contributed by atoms with van der Waals surface area (Å²) in [6, 6.07) is 13.7. The van der Waals surface area contributed by atoms with Gasteiger partial charge in [0.25, 0.3) is 5.91 Å². The third-order valence-corrected chi connectivity index (χ3v) is 4.14. The largest absolute Gasteiger partial charge is 0.399 e. The van der Waals surface area contributed by atoms with Crippen LogP contribution in [0.5, 0.6) is 0 Å². The molecule has 23 heavy (non-hydrogen) atoms. The van der Waals surface area contributed by atoms with Gasteiger partial charge in [-0.1, -0.05) is 18.2 Å². The molecule has 2 aromatic rings. The fraction of sp³-hybridized carbons (Fsp3) is 0.278. The molecule has 1 saturated heterocycles. The van der Waals surface area contributed by atoms with E-state index in [1.807, 2.05) is 17.0 Å². The third-order valence-electron chi connectivity index (χ3n) is 4.14. The standard InChI is InChI=1S/C18H19FN2O.ClH/c19-16-6-4-13(5-7-16)10-14-8-9-21(12-14)18(22)15-2-1-3-17(20)11-15;/h1-7,11,14H,8-10,12,20H2;1H. The van der Waals surface area contributed by atoms with Crippen molar-refractivity contribution in [2.75, 3.05) is 18.8 Å². The predicted octanol–water partition coefficient (Wildman–Crippen LogP) is 3.53. The summed E-state index contributed by atoms with van der Waals surface area (Å²) in [4.78, 5) is 14.3. The van der Waals surface area contributed by atoms with Crippen LogP contribution in [-0.2, 0) is 6.42 Å². The highest BCUT2D eigenvalue weighted by atomic mass is 35.5. The number of benzene rings is 2. The number of halogens is 2. The molecule has 1 fully saturated rings. The van der Waals surface area contributed by atoms with Gasteiger partial charge in [0.15, 0.2) is 0 Å². The Labute approximate surface area is 141 Å². The van der Waals surface area contributed by atoms with Crippen molar-refractivity contribution in [1.82, 2.24) is 4.90 Å². The fourth-order valence-corrected chi connectivity index (χ4v) is 2.99. The van der Waals surface area contributed by atoms with E-state index in [4.69, 9.17) is 5.73 Å². The molecule has 2 N–H and O–H groups in total. The van der Waals surface area contributed by atoms with Crippen LogP contribution in [0.25, 0.3) is 0 Å². The fourth-order valence-electron chi connectivity index (χ4n) is 2.99. The van der Waals surface area contributed by atoms with Crippen molar-refractivity contribution >= 4 is 24.0 Å². The van der Waals surface area contributed by atoms with Crippen molar-refractivity contribution in [1.29, 1.82) is 0 Å². The first kappa shape index (κ1) is 17.3. The van der Waals surface area contributed by atoms with Gasteiger partial charge in [-0.05, 0) is 54.7 Å². The van der Waals surface area contributed by atoms with E-state index in [-0.39, 0.29) is 24.1 Å². The maximum Gasteiger partial charge on any atom is 0.253 e. The highest BCUT2D eigenvalue weighted by Crippen LogP contribution is 2.23. The summed E-state index contributed by atoms with van der Waals surface area (Å²) >= 11 is 0. The zero-order valence-corrected chi connectivity index (χ0v) is 13.6. The summed E-state index contributed by atoms with van der Waals surface area (Å²) in [5.41, 5.74) is 8.10. The first-order valence-electron chi connectivity index (χ1n) is 7.51. The molecule has 3 nitrogen and oxygen atoms in total. The number of hydrogen-bond donors (Lipinski definition) is 1. The first-order valence-corrected chi connectivity index (χ1v) is 7.51. The predicted molar refractivity (Wildman–Crippen MR) is 92.2 cm³/mol. The molecule has 0 aromatic heterocycles. The molecule has 1 unspecified atom stereocenters. The monoisotopic (exact) mass is 334 g/mol. The van der Waals surface area contributed by atoms with Crippen molar-refractivity contribution in [3.63, 3.8) is 0 Å². The lowest BCUT2D eigenvalue weighted by Gasteiger charge is -2.17. The average molecular weight is 335 g/mol. The molecule has 1 heterocycles. The zero-order valence-electron chi connectivity index (χ0n) is 12.7. The zero-order chi connectivity index (χ0) is 15.5. The molecule has 5 heteroatoms. The van der Waals surface area contributed by atoms with Gasteiger partial charge in [0.2, 0.25) is 0 Å². The minimum Gasteiger partial charge on any atom is -0.399 e. The highest BCUT2D eigenvalue weighted by molar-refractivity contribution is 5.95. The van der Waals surface area contributed by atoms with Gasteiger partial charge >= 0.3 is 0 Å². The van der Waals surface area contributed by atoms with Gasteiger partial charge < -0.3 is 10.6 Å². The van der Waals surface area contributed by atoms with E-state index in [0.717, 1.165) is 31.5 Å². The molecule has 1 aliphatic rings. The molecular formula is C18H20ClFN2O. The van der Waals surface area contributed by atoms with Crippen LogP contribution in [-0.4, -0.2) is 23.9 Å². The molecular weight excluding hydrogens is 315 g/mol. The Hall–Kier alpha value is -2.07. The second kappa shape index (κ2) is 7.47. The van der Waals surface area contributed by atoms with E-state index in [0.29, 0.717) is 17.2 Å². The van der Waals surface area contributed by atoms with Crippen LogP contribution < -0.4 is 5.73 Å². The van der Waals surface area contributed by atoms with Gasteiger partial charge in [-0.15, -0.1) is 12.4 Å². The number of carbonyl (C=O) groups is 1. The van der Waals surface area contributed by atoms with Gasteiger partial charge in [0, 0.05) is 24.3 Å². The molecule has 0 saturated carbocycles. The molecule has 0 bridgehead atoms. The van der Waals surface area contributed by atoms with E-state index in [2.05, 4.69) is 0 Å². The summed E-state index contributed by atoms with van der Waals surface area (Å²) in [6.45, 7) is 1.50. The van der Waals surface area contributed by atoms with Crippen LogP contribution >= 0.6 is 12.4 Å². The summed E-state index contributed by atoms with van der Waals surface area (Å²) in [5, 5.41) is 0. The Morgan fingerprint density at radius 1 is 1.22 bits per heavy atom. The second-order valence-electron chi connectivity index (χ2n) is 5.86. The van der Waals surface area contributed by atoms with Crippen molar-refractivity contribution in [3.05, 3.63) is 65.5 Å². The van der Waals surface area contributed by atoms with E-state index in [1.165, 1.54) is 12.1 Å². The van der Waals surface area contributed by atoms with Crippen molar-refractivity contribution in [2.24, 2.45) is 5.92 Å². The summed E-state index contributed by atoms with van der Waals surface area (Å²) in [7, 11) is 0. The van der Waals surface area contributed by atoms with Gasteiger partial charge in [-0.25, -0.2) is 4.39 Å². The topological polar surface area (TPSA) is 46.3 Å². The Morgan fingerprint density at radius 2 is 1.96 bits per heavy atom. The number of nitrogens with zero attached hydrogens (tertiary/aromatic N) is 1. The number of hydrogen-bond acceptors (Lipinski definition) is 2. The number of nitrogens with two attached hydrogens (primary N) is 1. The van der Waals surface area contributed by atoms with E-state index in [1.54, 1.807) is 24.3 Å². The number of anilines is 1. The highest BCUT2D eigenvalue weighted by Gasteiger charge is 2.27. The second-order valence-corrected chi connectivity index (χ2v) is 5.86. The van der Waals surface area contributed by atoms with Gasteiger partial charge in [-0.3, -0.25) is 4.79 Å². The molecule has 2 aromatic carbocycles. The van der Waals surface area contributed by atoms with Gasteiger partial charge in [-0.2, -0.15) is 0 Å². The average Bonchev–Trinajstić information content (AvgIpc) is 2.97. The van der Waals surface area contributed by atoms with Crippen LogP contribution in [0.2, 0.25) is 0 Å². The first-order chi connectivity index (χ1) is 10.6. The lowest BCUT2D eigenvalue weighted by Crippen LogP contribution is -2.29. The van der Waals surface area contributed by atoms with Gasteiger partial charge in [0.1, 0.15) is 5.82 Å². The van der Waals surface area contributed by atoms with Crippen LogP contribution in [0.15, 0.2) is 48.5 Å². The maximum atomic E-state index is 12.9. The molecule has 1 atom stereocenters. The normalized spacial score (nSPS) is 16.9. The van der Waals surface area contributed by atoms with Gasteiger partial charge in [0.05, 0.1) is 0 Å². The lowest BCUT2D eigenvalue weighted by atomic mass is 9.99. The summed E-state index contributed by atoms with van der Waals surface area (Å²) in [5.74, 6) is 0.248. The molecule has 1 aliphatic heterocycles. The van der Waals surface area contributed by atoms with E-state index < -0.39 is 0 Å². The van der Waals surface area contributed by atoms with Crippen LogP contribution in [0.1, 0.15) is 22.3 Å². The minimum absolute atomic E-state index is 0. The number of nitrogen functional groups attached to an aromatic ring is 1. The number of amides is 1. The lowest BCUT2D eigenvalue weighted by molar-refractivity contribution is 0.0787. The molecule has 0 aliphatic carbocycles. The maximum absolute atomic E-state index is 12.9.